The molecule has 0 aromatic heterocycles. The van der Waals surface area contributed by atoms with Crippen LogP contribution in [0.3, 0.4) is 0 Å². The van der Waals surface area contributed by atoms with E-state index in [1.807, 2.05) is 0 Å². The van der Waals surface area contributed by atoms with E-state index in [0.29, 0.717) is 11.8 Å². The first-order valence-electron chi connectivity index (χ1n) is 10.0. The highest BCUT2D eigenvalue weighted by atomic mass is 35.5. The molecule has 0 spiro atoms. The van der Waals surface area contributed by atoms with Crippen molar-refractivity contribution in [2.45, 2.75) is 29.0 Å². The minimum absolute atomic E-state index is 0.0192. The number of carbonyl (C=O) groups excluding carboxylic acids is 2. The number of benzene rings is 2. The lowest BCUT2D eigenvalue weighted by Gasteiger charge is -2.23. The second kappa shape index (κ2) is 9.98. The Labute approximate surface area is 227 Å². The normalized spacial score (nSPS) is 21.1. The standard InChI is InChI=1S/C22H16Cl5F5N2O2/c1-19(29,30)21(31,32)8-34-18(36)15-11(23)3-5-14(16(15)25)33-7-20(9-35)17(22(20,26)27)10-2-4-13(28)12(24)6-10/h2-6,9,17,33H,7-8H2,1H3,(H,34,36). The van der Waals surface area contributed by atoms with Crippen LogP contribution in [0.25, 0.3) is 0 Å². The van der Waals surface area contributed by atoms with Gasteiger partial charge in [0.2, 0.25) is 0 Å². The number of nitrogens with one attached hydrogen (secondary N) is 2. The van der Waals surface area contributed by atoms with Crippen molar-refractivity contribution in [3.63, 3.8) is 0 Å². The Morgan fingerprint density at radius 2 is 1.72 bits per heavy atom. The fraction of sp³-hybridized carbons (Fsp3) is 0.364. The second-order valence-electron chi connectivity index (χ2n) is 8.30. The van der Waals surface area contributed by atoms with Gasteiger partial charge in [0.05, 0.1) is 38.3 Å². The van der Waals surface area contributed by atoms with E-state index in [4.69, 9.17) is 58.0 Å². The molecule has 2 aromatic rings. The van der Waals surface area contributed by atoms with Crippen LogP contribution < -0.4 is 10.6 Å². The Balaban J connectivity index is 1.82. The monoisotopic (exact) mass is 610 g/mol. The third kappa shape index (κ3) is 5.10. The van der Waals surface area contributed by atoms with Gasteiger partial charge in [-0.15, -0.1) is 0 Å². The predicted molar refractivity (Wildman–Crippen MR) is 130 cm³/mol. The molecule has 1 saturated carbocycles. The number of amides is 1. The number of carbonyl (C=O) groups is 2. The summed E-state index contributed by atoms with van der Waals surface area (Å²) in [5, 5.41) is 3.75. The van der Waals surface area contributed by atoms with Crippen LogP contribution in [0.4, 0.5) is 27.6 Å². The summed E-state index contributed by atoms with van der Waals surface area (Å²) in [4.78, 5) is 24.5. The first-order valence-corrected chi connectivity index (χ1v) is 11.9. The summed E-state index contributed by atoms with van der Waals surface area (Å²) < 4.78 is 65.1. The average molecular weight is 613 g/mol. The van der Waals surface area contributed by atoms with Crippen molar-refractivity contribution < 1.29 is 31.5 Å². The van der Waals surface area contributed by atoms with E-state index in [0.717, 1.165) is 6.07 Å². The lowest BCUT2D eigenvalue weighted by Crippen LogP contribution is -2.47. The van der Waals surface area contributed by atoms with Crippen LogP contribution in [0.1, 0.15) is 28.8 Å². The minimum atomic E-state index is -4.53. The molecule has 0 radical (unpaired) electrons. The molecule has 196 valence electrons. The molecule has 4 nitrogen and oxygen atoms in total. The topological polar surface area (TPSA) is 58.2 Å². The molecule has 1 aliphatic rings. The first-order chi connectivity index (χ1) is 16.5. The molecule has 3 rings (SSSR count). The van der Waals surface area contributed by atoms with Crippen LogP contribution in [0.15, 0.2) is 30.3 Å². The molecule has 0 heterocycles. The molecule has 2 unspecified atom stereocenters. The Kier molecular flexibility index (Phi) is 8.05. The largest absolute Gasteiger partial charge is 0.383 e. The lowest BCUT2D eigenvalue weighted by atomic mass is 10.00. The fourth-order valence-electron chi connectivity index (χ4n) is 3.66. The van der Waals surface area contributed by atoms with E-state index >= 15 is 0 Å². The highest BCUT2D eigenvalue weighted by molar-refractivity contribution is 6.54. The Morgan fingerprint density at radius 1 is 1.08 bits per heavy atom. The molecular formula is C22H16Cl5F5N2O2. The molecule has 2 N–H and O–H groups in total. The van der Waals surface area contributed by atoms with Crippen molar-refractivity contribution in [2.24, 2.45) is 5.41 Å². The number of aldehydes is 1. The van der Waals surface area contributed by atoms with E-state index in [9.17, 15) is 31.5 Å². The second-order valence-corrected chi connectivity index (χ2v) is 10.9. The number of anilines is 1. The third-order valence-electron chi connectivity index (χ3n) is 5.90. The van der Waals surface area contributed by atoms with Crippen LogP contribution in [0, 0.1) is 11.2 Å². The number of alkyl halides is 6. The number of hydrogen-bond donors (Lipinski definition) is 2. The molecule has 2 aromatic carbocycles. The lowest BCUT2D eigenvalue weighted by molar-refractivity contribution is -0.192. The zero-order valence-electron chi connectivity index (χ0n) is 18.1. The van der Waals surface area contributed by atoms with Crippen LogP contribution >= 0.6 is 58.0 Å². The zero-order valence-corrected chi connectivity index (χ0v) is 21.8. The Morgan fingerprint density at radius 3 is 2.28 bits per heavy atom. The maximum Gasteiger partial charge on any atom is 0.326 e. The van der Waals surface area contributed by atoms with Gasteiger partial charge in [0.1, 0.15) is 16.4 Å². The van der Waals surface area contributed by atoms with Crippen LogP contribution in [-0.4, -0.2) is 41.5 Å². The van der Waals surface area contributed by atoms with Crippen molar-refractivity contribution in [1.29, 1.82) is 0 Å². The smallest absolute Gasteiger partial charge is 0.326 e. The Hall–Kier alpha value is -1.52. The van der Waals surface area contributed by atoms with Crippen LogP contribution in [-0.2, 0) is 4.79 Å². The van der Waals surface area contributed by atoms with Gasteiger partial charge >= 0.3 is 11.8 Å². The van der Waals surface area contributed by atoms with Gasteiger partial charge < -0.3 is 15.4 Å². The van der Waals surface area contributed by atoms with Crippen molar-refractivity contribution in [2.75, 3.05) is 18.4 Å². The van der Waals surface area contributed by atoms with E-state index in [1.165, 1.54) is 24.3 Å². The molecule has 1 fully saturated rings. The van der Waals surface area contributed by atoms with Gasteiger partial charge in [-0.3, -0.25) is 4.79 Å². The van der Waals surface area contributed by atoms with E-state index in [-0.39, 0.29) is 34.2 Å². The molecule has 0 bridgehead atoms. The van der Waals surface area contributed by atoms with Crippen molar-refractivity contribution in [1.82, 2.24) is 5.32 Å². The molecule has 14 heteroatoms. The van der Waals surface area contributed by atoms with Gasteiger partial charge in [-0.25, -0.2) is 13.2 Å². The molecular weight excluding hydrogens is 597 g/mol. The number of rotatable bonds is 9. The SMILES string of the molecule is CC(F)(F)C(F)(F)CNC(=O)c1c(Cl)ccc(NCC2(C=O)C(c3ccc(F)c(Cl)c3)C2(Cl)Cl)c1Cl. The fourth-order valence-corrected chi connectivity index (χ4v) is 5.43. The summed E-state index contributed by atoms with van der Waals surface area (Å²) in [6.07, 6.45) is 0.520. The summed E-state index contributed by atoms with van der Waals surface area (Å²) in [7, 11) is 0. The summed E-state index contributed by atoms with van der Waals surface area (Å²) in [5.41, 5.74) is -1.43. The van der Waals surface area contributed by atoms with Gasteiger partial charge in [-0.05, 0) is 29.8 Å². The summed E-state index contributed by atoms with van der Waals surface area (Å²) >= 11 is 30.9. The highest BCUT2D eigenvalue weighted by Crippen LogP contribution is 2.73. The van der Waals surface area contributed by atoms with E-state index in [1.54, 1.807) is 5.32 Å². The van der Waals surface area contributed by atoms with E-state index < -0.39 is 51.3 Å². The van der Waals surface area contributed by atoms with Crippen molar-refractivity contribution in [3.05, 3.63) is 62.3 Å². The maximum atomic E-state index is 13.6. The highest BCUT2D eigenvalue weighted by Gasteiger charge is 2.76. The zero-order chi connectivity index (χ0) is 27.3. The Bertz CT molecular complexity index is 1210. The quantitative estimate of drug-likeness (QED) is 0.177. The maximum absolute atomic E-state index is 13.6. The molecule has 0 saturated heterocycles. The third-order valence-corrected chi connectivity index (χ3v) is 8.04. The van der Waals surface area contributed by atoms with Crippen LogP contribution in [0.2, 0.25) is 15.1 Å². The minimum Gasteiger partial charge on any atom is -0.383 e. The molecule has 1 aliphatic carbocycles. The summed E-state index contributed by atoms with van der Waals surface area (Å²) in [6.45, 7) is -1.87. The summed E-state index contributed by atoms with van der Waals surface area (Å²) in [5.74, 6) is -11.6. The van der Waals surface area contributed by atoms with E-state index in [2.05, 4.69) is 5.32 Å². The summed E-state index contributed by atoms with van der Waals surface area (Å²) in [6, 6.07) is 6.32. The molecule has 1 amide bonds. The van der Waals surface area contributed by atoms with Gasteiger partial charge in [0, 0.05) is 19.4 Å². The van der Waals surface area contributed by atoms with Gasteiger partial charge in [0.25, 0.3) is 5.91 Å². The molecule has 2 atom stereocenters. The van der Waals surface area contributed by atoms with Crippen LogP contribution in [0.5, 0.6) is 0 Å². The van der Waals surface area contributed by atoms with Crippen molar-refractivity contribution in [3.8, 4) is 0 Å². The van der Waals surface area contributed by atoms with Gasteiger partial charge in [-0.1, -0.05) is 64.1 Å². The number of hydrogen-bond acceptors (Lipinski definition) is 3. The van der Waals surface area contributed by atoms with Crippen molar-refractivity contribution >= 4 is 75.9 Å². The first kappa shape index (κ1) is 29.0. The van der Waals surface area contributed by atoms with Gasteiger partial charge in [0.15, 0.2) is 0 Å². The average Bonchev–Trinajstić information content (AvgIpc) is 3.27. The number of halogens is 10. The molecule has 0 aliphatic heterocycles. The molecule has 36 heavy (non-hydrogen) atoms. The predicted octanol–water partition coefficient (Wildman–Crippen LogP) is 7.37. The van der Waals surface area contributed by atoms with Gasteiger partial charge in [-0.2, -0.15) is 8.78 Å².